The first-order valence-corrected chi connectivity index (χ1v) is 7.41. The van der Waals surface area contributed by atoms with Gasteiger partial charge in [0.25, 0.3) is 5.91 Å². The molecule has 0 aliphatic carbocycles. The number of carbonyl (C=O) groups excluding carboxylic acids is 1. The molecule has 0 heterocycles. The van der Waals surface area contributed by atoms with Gasteiger partial charge in [-0.2, -0.15) is 0 Å². The Morgan fingerprint density at radius 3 is 2.44 bits per heavy atom. The summed E-state index contributed by atoms with van der Waals surface area (Å²) in [7, 11) is 2.98. The van der Waals surface area contributed by atoms with Gasteiger partial charge in [-0.25, -0.2) is 0 Å². The van der Waals surface area contributed by atoms with Crippen molar-refractivity contribution in [3.05, 3.63) is 51.5 Å². The molecular weight excluding hydrogens is 352 g/mol. The van der Waals surface area contributed by atoms with Gasteiger partial charge in [-0.3, -0.25) is 14.9 Å². The van der Waals surface area contributed by atoms with Gasteiger partial charge in [-0.15, -0.1) is 0 Å². The van der Waals surface area contributed by atoms with Gasteiger partial charge >= 0.3 is 5.69 Å². The van der Waals surface area contributed by atoms with Crippen LogP contribution in [0.2, 0.25) is 5.02 Å². The summed E-state index contributed by atoms with van der Waals surface area (Å²) in [4.78, 5) is 22.3. The number of hydrogen-bond donors (Lipinski definition) is 1. The van der Waals surface area contributed by atoms with Crippen molar-refractivity contribution >= 4 is 28.9 Å². The number of carbonyl (C=O) groups is 1. The number of nitro benzene ring substituents is 1. The number of nitrogens with zero attached hydrogens (tertiary/aromatic N) is 1. The number of nitro groups is 1. The molecule has 9 heteroatoms. The van der Waals surface area contributed by atoms with Gasteiger partial charge in [0.05, 0.1) is 19.1 Å². The zero-order valence-corrected chi connectivity index (χ0v) is 14.2. The topological polar surface area (TPSA) is 99.9 Å². The van der Waals surface area contributed by atoms with E-state index in [-0.39, 0.29) is 16.5 Å². The van der Waals surface area contributed by atoms with Gasteiger partial charge in [0.1, 0.15) is 0 Å². The van der Waals surface area contributed by atoms with Crippen molar-refractivity contribution < 1.29 is 23.9 Å². The molecule has 0 saturated heterocycles. The van der Waals surface area contributed by atoms with Crippen LogP contribution in [0.4, 0.5) is 11.4 Å². The van der Waals surface area contributed by atoms with Crippen molar-refractivity contribution in [2.45, 2.75) is 0 Å². The second-order valence-corrected chi connectivity index (χ2v) is 5.21. The summed E-state index contributed by atoms with van der Waals surface area (Å²) in [6.45, 7) is -0.406. The first-order valence-electron chi connectivity index (χ1n) is 7.03. The van der Waals surface area contributed by atoms with Gasteiger partial charge in [-0.05, 0) is 24.3 Å². The molecule has 0 atom stereocenters. The molecule has 2 aromatic rings. The van der Waals surface area contributed by atoms with Gasteiger partial charge < -0.3 is 19.5 Å². The highest BCUT2D eigenvalue weighted by Gasteiger charge is 2.17. The van der Waals surface area contributed by atoms with Gasteiger partial charge in [0.15, 0.2) is 23.9 Å². The van der Waals surface area contributed by atoms with Crippen molar-refractivity contribution in [1.29, 1.82) is 0 Å². The standard InChI is InChI=1S/C16H15ClN2O6/c1-23-14-6-4-11(8-15(14)24-2)18-16(20)9-25-13-5-3-10(17)7-12(13)19(21)22/h3-8H,9H2,1-2H3,(H,18,20). The van der Waals surface area contributed by atoms with Crippen LogP contribution in [0.15, 0.2) is 36.4 Å². The minimum absolute atomic E-state index is 0.0446. The normalized spacial score (nSPS) is 10.0. The van der Waals surface area contributed by atoms with Crippen LogP contribution in [0.3, 0.4) is 0 Å². The number of ether oxygens (including phenoxy) is 3. The number of methoxy groups -OCH3 is 2. The Labute approximate surface area is 148 Å². The Hall–Kier alpha value is -3.00. The minimum Gasteiger partial charge on any atom is -0.493 e. The molecule has 0 bridgehead atoms. The predicted octanol–water partition coefficient (Wildman–Crippen LogP) is 3.28. The smallest absolute Gasteiger partial charge is 0.312 e. The van der Waals surface area contributed by atoms with Gasteiger partial charge in [-0.1, -0.05) is 11.6 Å². The van der Waals surface area contributed by atoms with E-state index in [2.05, 4.69) is 5.32 Å². The summed E-state index contributed by atoms with van der Waals surface area (Å²) in [5, 5.41) is 13.8. The van der Waals surface area contributed by atoms with E-state index in [1.54, 1.807) is 18.2 Å². The lowest BCUT2D eigenvalue weighted by Gasteiger charge is -2.11. The molecule has 0 aromatic heterocycles. The third-order valence-electron chi connectivity index (χ3n) is 3.14. The summed E-state index contributed by atoms with van der Waals surface area (Å²) in [5.74, 6) is 0.441. The highest BCUT2D eigenvalue weighted by atomic mass is 35.5. The van der Waals surface area contributed by atoms with E-state index < -0.39 is 17.4 Å². The van der Waals surface area contributed by atoms with Gasteiger partial charge in [0.2, 0.25) is 0 Å². The fourth-order valence-electron chi connectivity index (χ4n) is 2.01. The Balaban J connectivity index is 2.03. The van der Waals surface area contributed by atoms with Crippen LogP contribution in [0, 0.1) is 10.1 Å². The molecule has 2 aromatic carbocycles. The Bertz CT molecular complexity index is 796. The van der Waals surface area contributed by atoms with Crippen LogP contribution in [0.25, 0.3) is 0 Å². The minimum atomic E-state index is -0.631. The van der Waals surface area contributed by atoms with Gasteiger partial charge in [0, 0.05) is 22.8 Å². The molecule has 0 unspecified atom stereocenters. The summed E-state index contributed by atoms with van der Waals surface area (Å²) in [5.41, 5.74) is 0.156. The van der Waals surface area contributed by atoms with E-state index in [0.29, 0.717) is 17.2 Å². The SMILES string of the molecule is COc1ccc(NC(=O)COc2ccc(Cl)cc2[N+](=O)[O-])cc1OC. The average molecular weight is 367 g/mol. The lowest BCUT2D eigenvalue weighted by atomic mass is 10.2. The van der Waals surface area contributed by atoms with Crippen LogP contribution < -0.4 is 19.5 Å². The predicted molar refractivity (Wildman–Crippen MR) is 91.8 cm³/mol. The maximum atomic E-state index is 12.0. The summed E-state index contributed by atoms with van der Waals surface area (Å²) < 4.78 is 15.5. The number of rotatable bonds is 7. The van der Waals surface area contributed by atoms with E-state index in [4.69, 9.17) is 25.8 Å². The highest BCUT2D eigenvalue weighted by Crippen LogP contribution is 2.31. The molecule has 0 saturated carbocycles. The molecule has 8 nitrogen and oxygen atoms in total. The zero-order chi connectivity index (χ0) is 18.4. The summed E-state index contributed by atoms with van der Waals surface area (Å²) in [6.07, 6.45) is 0. The molecule has 25 heavy (non-hydrogen) atoms. The van der Waals surface area contributed by atoms with E-state index in [1.807, 2.05) is 0 Å². The second-order valence-electron chi connectivity index (χ2n) is 4.78. The van der Waals surface area contributed by atoms with E-state index >= 15 is 0 Å². The number of anilines is 1. The van der Waals surface area contributed by atoms with E-state index in [1.165, 1.54) is 26.4 Å². The monoisotopic (exact) mass is 366 g/mol. The number of hydrogen-bond acceptors (Lipinski definition) is 6. The first kappa shape index (κ1) is 18.3. The third kappa shape index (κ3) is 4.74. The molecule has 0 aliphatic rings. The largest absolute Gasteiger partial charge is 0.493 e. The average Bonchev–Trinajstić information content (AvgIpc) is 2.60. The fraction of sp³-hybridized carbons (Fsp3) is 0.188. The van der Waals surface area contributed by atoms with Crippen molar-refractivity contribution in [2.75, 3.05) is 26.1 Å². The Morgan fingerprint density at radius 1 is 1.12 bits per heavy atom. The van der Waals surface area contributed by atoms with Crippen LogP contribution in [0.5, 0.6) is 17.2 Å². The molecule has 132 valence electrons. The van der Waals surface area contributed by atoms with E-state index in [0.717, 1.165) is 6.07 Å². The number of benzene rings is 2. The highest BCUT2D eigenvalue weighted by molar-refractivity contribution is 6.30. The number of nitrogens with one attached hydrogen (secondary N) is 1. The lowest BCUT2D eigenvalue weighted by molar-refractivity contribution is -0.385. The van der Waals surface area contributed by atoms with Crippen LogP contribution >= 0.6 is 11.6 Å². The summed E-state index contributed by atoms with van der Waals surface area (Å²) in [6, 6.07) is 8.79. The zero-order valence-electron chi connectivity index (χ0n) is 13.4. The molecule has 0 fully saturated rings. The maximum Gasteiger partial charge on any atom is 0.312 e. The molecule has 1 N–H and O–H groups in total. The second kappa shape index (κ2) is 8.20. The Kier molecular flexibility index (Phi) is 6.02. The molecular formula is C16H15ClN2O6. The molecule has 0 aliphatic heterocycles. The van der Waals surface area contributed by atoms with Crippen LogP contribution in [-0.4, -0.2) is 31.7 Å². The van der Waals surface area contributed by atoms with Crippen molar-refractivity contribution in [3.8, 4) is 17.2 Å². The van der Waals surface area contributed by atoms with Crippen LogP contribution in [-0.2, 0) is 4.79 Å². The van der Waals surface area contributed by atoms with Crippen molar-refractivity contribution in [2.24, 2.45) is 0 Å². The summed E-state index contributed by atoms with van der Waals surface area (Å²) >= 11 is 5.72. The number of halogens is 1. The molecule has 0 radical (unpaired) electrons. The van der Waals surface area contributed by atoms with Crippen molar-refractivity contribution in [1.82, 2.24) is 0 Å². The van der Waals surface area contributed by atoms with E-state index in [9.17, 15) is 14.9 Å². The fourth-order valence-corrected chi connectivity index (χ4v) is 2.18. The molecule has 0 spiro atoms. The quantitative estimate of drug-likeness (QED) is 0.596. The molecule has 2 rings (SSSR count). The number of amides is 1. The lowest BCUT2D eigenvalue weighted by Crippen LogP contribution is -2.20. The maximum absolute atomic E-state index is 12.0. The third-order valence-corrected chi connectivity index (χ3v) is 3.38. The first-order chi connectivity index (χ1) is 11.9. The van der Waals surface area contributed by atoms with Crippen LogP contribution in [0.1, 0.15) is 0 Å². The van der Waals surface area contributed by atoms with Crippen molar-refractivity contribution in [3.63, 3.8) is 0 Å². The Morgan fingerprint density at radius 2 is 1.80 bits per heavy atom. The molecule has 1 amide bonds.